The number of pyridine rings is 1. The number of hydrogen-bond donors (Lipinski definition) is 0. The highest BCUT2D eigenvalue weighted by atomic mass is 32.2. The number of ether oxygens (including phenoxy) is 2. The zero-order chi connectivity index (χ0) is 25.4. The van der Waals surface area contributed by atoms with Gasteiger partial charge in [0, 0.05) is 41.3 Å². The molecule has 0 aliphatic carbocycles. The van der Waals surface area contributed by atoms with Crippen molar-refractivity contribution < 1.29 is 22.3 Å². The van der Waals surface area contributed by atoms with Crippen LogP contribution in [0, 0.1) is 6.92 Å². The van der Waals surface area contributed by atoms with Gasteiger partial charge in [-0.15, -0.1) is 0 Å². The largest absolute Gasteiger partial charge is 0.493 e. The minimum absolute atomic E-state index is 0.165. The maximum Gasteiger partial charge on any atom is 0.269 e. The minimum Gasteiger partial charge on any atom is -0.493 e. The van der Waals surface area contributed by atoms with Crippen LogP contribution in [-0.2, 0) is 16.6 Å². The van der Waals surface area contributed by atoms with E-state index in [9.17, 15) is 12.8 Å². The zero-order valence-corrected chi connectivity index (χ0v) is 21.0. The van der Waals surface area contributed by atoms with E-state index < -0.39 is 16.7 Å². The topological polar surface area (TPSA) is 75.4 Å². The SMILES string of the molecule is COc1cc2c(-c3cc4cccnc4n3S(=O)(=O)c3ccc(C)cc3)cn(CCCF)c2cc1OC. The van der Waals surface area contributed by atoms with E-state index in [1.54, 1.807) is 50.7 Å². The van der Waals surface area contributed by atoms with Crippen LogP contribution in [0.3, 0.4) is 0 Å². The summed E-state index contributed by atoms with van der Waals surface area (Å²) in [6.07, 6.45) is 3.75. The Morgan fingerprint density at radius 2 is 1.72 bits per heavy atom. The molecule has 36 heavy (non-hydrogen) atoms. The van der Waals surface area contributed by atoms with Crippen LogP contribution >= 0.6 is 0 Å². The van der Waals surface area contributed by atoms with Gasteiger partial charge in [-0.1, -0.05) is 17.7 Å². The summed E-state index contributed by atoms with van der Waals surface area (Å²) in [6, 6.07) is 15.8. The summed E-state index contributed by atoms with van der Waals surface area (Å²) in [5.41, 5.74) is 3.20. The van der Waals surface area contributed by atoms with Gasteiger partial charge < -0.3 is 14.0 Å². The van der Waals surface area contributed by atoms with Crippen LogP contribution in [0.4, 0.5) is 4.39 Å². The van der Waals surface area contributed by atoms with Crippen LogP contribution in [0.15, 0.2) is 71.9 Å². The Balaban J connectivity index is 1.84. The molecule has 0 unspecified atom stereocenters. The van der Waals surface area contributed by atoms with E-state index in [0.29, 0.717) is 46.8 Å². The van der Waals surface area contributed by atoms with Crippen LogP contribution < -0.4 is 9.47 Å². The molecule has 3 aromatic heterocycles. The summed E-state index contributed by atoms with van der Waals surface area (Å²) in [5.74, 6) is 1.04. The van der Waals surface area contributed by atoms with Gasteiger partial charge in [0.15, 0.2) is 17.1 Å². The first-order valence-corrected chi connectivity index (χ1v) is 12.9. The molecule has 0 atom stereocenters. The van der Waals surface area contributed by atoms with Crippen molar-refractivity contribution >= 4 is 32.0 Å². The van der Waals surface area contributed by atoms with Crippen molar-refractivity contribution in [2.45, 2.75) is 24.8 Å². The molecule has 0 radical (unpaired) electrons. The Kier molecular flexibility index (Phi) is 6.17. The molecule has 0 bridgehead atoms. The van der Waals surface area contributed by atoms with Crippen LogP contribution in [0.1, 0.15) is 12.0 Å². The third kappa shape index (κ3) is 3.89. The van der Waals surface area contributed by atoms with Crippen molar-refractivity contribution in [3.63, 3.8) is 0 Å². The fourth-order valence-electron chi connectivity index (χ4n) is 4.49. The highest BCUT2D eigenvalue weighted by molar-refractivity contribution is 7.90. The molecular weight excluding hydrogens is 481 g/mol. The fraction of sp³-hybridized carbons (Fsp3) is 0.222. The Morgan fingerprint density at radius 1 is 1.00 bits per heavy atom. The molecule has 9 heteroatoms. The lowest BCUT2D eigenvalue weighted by atomic mass is 10.1. The molecule has 0 aliphatic heterocycles. The van der Waals surface area contributed by atoms with Gasteiger partial charge in [0.2, 0.25) is 0 Å². The van der Waals surface area contributed by atoms with Crippen molar-refractivity contribution in [3.8, 4) is 22.8 Å². The van der Waals surface area contributed by atoms with Crippen molar-refractivity contribution in [1.82, 2.24) is 13.5 Å². The quantitative estimate of drug-likeness (QED) is 0.274. The predicted octanol–water partition coefficient (Wildman–Crippen LogP) is 5.58. The van der Waals surface area contributed by atoms with E-state index >= 15 is 0 Å². The average molecular weight is 508 g/mol. The van der Waals surface area contributed by atoms with Gasteiger partial charge in [-0.05, 0) is 49.7 Å². The van der Waals surface area contributed by atoms with E-state index in [-0.39, 0.29) is 4.90 Å². The standard InChI is InChI=1S/C27H26FN3O4S/c1-18-7-9-20(10-8-18)36(32,33)31-24(14-19-6-4-12-29-27(19)31)22-17-30(13-5-11-28)23-16-26(35-3)25(34-2)15-21(22)23/h4,6-10,12,14-17H,5,11,13H2,1-3H3. The molecule has 186 valence electrons. The van der Waals surface area contributed by atoms with Gasteiger partial charge in [0.1, 0.15) is 0 Å². The summed E-state index contributed by atoms with van der Waals surface area (Å²) in [7, 11) is -0.893. The van der Waals surface area contributed by atoms with Gasteiger partial charge in [0.25, 0.3) is 10.0 Å². The molecule has 0 amide bonds. The zero-order valence-electron chi connectivity index (χ0n) is 20.2. The smallest absolute Gasteiger partial charge is 0.269 e. The van der Waals surface area contributed by atoms with E-state index in [2.05, 4.69) is 4.98 Å². The number of fused-ring (bicyclic) bond motifs is 2. The van der Waals surface area contributed by atoms with Gasteiger partial charge in [-0.2, -0.15) is 0 Å². The summed E-state index contributed by atoms with van der Waals surface area (Å²) in [4.78, 5) is 4.58. The molecule has 0 N–H and O–H groups in total. The number of halogens is 1. The second-order valence-corrected chi connectivity index (χ2v) is 10.3. The number of aromatic nitrogens is 3. The van der Waals surface area contributed by atoms with E-state index in [1.165, 1.54) is 3.97 Å². The van der Waals surface area contributed by atoms with Crippen LogP contribution in [0.2, 0.25) is 0 Å². The van der Waals surface area contributed by atoms with Crippen molar-refractivity contribution in [3.05, 3.63) is 72.6 Å². The summed E-state index contributed by atoms with van der Waals surface area (Å²) in [5, 5.41) is 1.45. The Morgan fingerprint density at radius 3 is 2.42 bits per heavy atom. The van der Waals surface area contributed by atoms with Crippen molar-refractivity contribution in [2.24, 2.45) is 0 Å². The molecule has 7 nitrogen and oxygen atoms in total. The maximum absolute atomic E-state index is 14.0. The van der Waals surface area contributed by atoms with Gasteiger partial charge in [-0.3, -0.25) is 4.39 Å². The highest BCUT2D eigenvalue weighted by Gasteiger charge is 2.27. The molecule has 3 heterocycles. The Hall–Kier alpha value is -3.85. The molecular formula is C27H26FN3O4S. The molecule has 0 aliphatic rings. The molecule has 0 fully saturated rings. The summed E-state index contributed by atoms with van der Waals surface area (Å²) < 4.78 is 55.3. The van der Waals surface area contributed by atoms with E-state index in [1.807, 2.05) is 42.0 Å². The second-order valence-electron chi connectivity index (χ2n) is 8.53. The molecule has 0 saturated heterocycles. The second kappa shape index (κ2) is 9.31. The number of rotatable bonds is 8. The number of methoxy groups -OCH3 is 2. The lowest BCUT2D eigenvalue weighted by molar-refractivity contribution is 0.355. The lowest BCUT2D eigenvalue weighted by Crippen LogP contribution is -2.14. The third-order valence-corrected chi connectivity index (χ3v) is 7.99. The van der Waals surface area contributed by atoms with Gasteiger partial charge in [-0.25, -0.2) is 17.4 Å². The monoisotopic (exact) mass is 507 g/mol. The molecule has 5 rings (SSSR count). The van der Waals surface area contributed by atoms with Gasteiger partial charge >= 0.3 is 0 Å². The number of alkyl halides is 1. The molecule has 0 spiro atoms. The molecule has 2 aromatic carbocycles. The molecule has 0 saturated carbocycles. The van der Waals surface area contributed by atoms with Crippen LogP contribution in [0.25, 0.3) is 33.2 Å². The number of benzene rings is 2. The number of hydrogen-bond acceptors (Lipinski definition) is 5. The van der Waals surface area contributed by atoms with E-state index in [4.69, 9.17) is 9.47 Å². The first kappa shape index (κ1) is 23.9. The minimum atomic E-state index is -3.99. The first-order valence-electron chi connectivity index (χ1n) is 11.5. The Bertz CT molecular complexity index is 1670. The molecule has 5 aromatic rings. The van der Waals surface area contributed by atoms with Gasteiger partial charge in [0.05, 0.1) is 37.0 Å². The average Bonchev–Trinajstić information content (AvgIpc) is 3.45. The third-order valence-electron chi connectivity index (χ3n) is 6.27. The van der Waals surface area contributed by atoms with Crippen LogP contribution in [0.5, 0.6) is 11.5 Å². The van der Waals surface area contributed by atoms with E-state index in [0.717, 1.165) is 16.5 Å². The normalized spacial score (nSPS) is 11.9. The summed E-state index contributed by atoms with van der Waals surface area (Å²) >= 11 is 0. The van der Waals surface area contributed by atoms with Crippen molar-refractivity contribution in [2.75, 3.05) is 20.9 Å². The predicted molar refractivity (Wildman–Crippen MR) is 138 cm³/mol. The van der Waals surface area contributed by atoms with Crippen LogP contribution in [-0.4, -0.2) is 42.8 Å². The number of aryl methyl sites for hydroxylation is 2. The lowest BCUT2D eigenvalue weighted by Gasteiger charge is -2.12. The van der Waals surface area contributed by atoms with Crippen molar-refractivity contribution in [1.29, 1.82) is 0 Å². The fourth-order valence-corrected chi connectivity index (χ4v) is 5.97. The maximum atomic E-state index is 14.0. The summed E-state index contributed by atoms with van der Waals surface area (Å²) in [6.45, 7) is 1.86. The Labute approximate surface area is 208 Å². The first-order chi connectivity index (χ1) is 17.4. The number of nitrogens with zero attached hydrogens (tertiary/aromatic N) is 3. The highest BCUT2D eigenvalue weighted by Crippen LogP contribution is 2.41.